The van der Waals surface area contributed by atoms with Crippen molar-refractivity contribution in [2.75, 3.05) is 6.61 Å². The summed E-state index contributed by atoms with van der Waals surface area (Å²) in [5.74, 6) is -0.396. The second-order valence-corrected chi connectivity index (χ2v) is 6.61. The number of aryl methyl sites for hydroxylation is 1. The van der Waals surface area contributed by atoms with Gasteiger partial charge in [0, 0.05) is 11.1 Å². The minimum Gasteiger partial charge on any atom is -0.394 e. The molecule has 0 saturated heterocycles. The van der Waals surface area contributed by atoms with E-state index in [0.29, 0.717) is 18.4 Å². The lowest BCUT2D eigenvalue weighted by Crippen LogP contribution is -2.48. The summed E-state index contributed by atoms with van der Waals surface area (Å²) in [5.41, 5.74) is 0.375. The van der Waals surface area contributed by atoms with E-state index in [0.717, 1.165) is 6.07 Å². The third-order valence-corrected chi connectivity index (χ3v) is 4.41. The maximum absolute atomic E-state index is 12.4. The van der Waals surface area contributed by atoms with Crippen LogP contribution in [0.2, 0.25) is 0 Å². The molecule has 21 heavy (non-hydrogen) atoms. The lowest BCUT2D eigenvalue weighted by atomic mass is 9.79. The Labute approximate surface area is 119 Å². The number of hydrogen-bond donors (Lipinski definition) is 2. The molecular formula is C12H14F3NO4S. The average molecular weight is 325 g/mol. The SMILES string of the molecule is NC1(CO)CCc2cccc(OS(=O)(=O)C(F)(F)F)c2C1. The monoisotopic (exact) mass is 325 g/mol. The van der Waals surface area contributed by atoms with E-state index in [1.54, 1.807) is 6.07 Å². The van der Waals surface area contributed by atoms with Gasteiger partial charge < -0.3 is 15.0 Å². The van der Waals surface area contributed by atoms with Crippen LogP contribution < -0.4 is 9.92 Å². The summed E-state index contributed by atoms with van der Waals surface area (Å²) in [7, 11) is -5.73. The molecular weight excluding hydrogens is 311 g/mol. The van der Waals surface area contributed by atoms with E-state index in [1.165, 1.54) is 6.07 Å². The van der Waals surface area contributed by atoms with Gasteiger partial charge in [-0.3, -0.25) is 0 Å². The Kier molecular flexibility index (Phi) is 3.94. The molecule has 9 heteroatoms. The Morgan fingerprint density at radius 2 is 2.05 bits per heavy atom. The van der Waals surface area contributed by atoms with Crippen LogP contribution in [0.5, 0.6) is 5.75 Å². The number of hydrogen-bond acceptors (Lipinski definition) is 5. The number of fused-ring (bicyclic) bond motifs is 1. The Morgan fingerprint density at radius 1 is 1.38 bits per heavy atom. The molecule has 3 N–H and O–H groups in total. The lowest BCUT2D eigenvalue weighted by molar-refractivity contribution is -0.0500. The Morgan fingerprint density at radius 3 is 2.62 bits per heavy atom. The van der Waals surface area contributed by atoms with Gasteiger partial charge >= 0.3 is 15.6 Å². The molecule has 118 valence electrons. The van der Waals surface area contributed by atoms with Crippen LogP contribution in [0.15, 0.2) is 18.2 Å². The zero-order valence-electron chi connectivity index (χ0n) is 10.9. The first kappa shape index (κ1) is 16.1. The normalized spacial score (nSPS) is 22.7. The van der Waals surface area contributed by atoms with Gasteiger partial charge in [0.25, 0.3) is 0 Å². The molecule has 1 atom stereocenters. The average Bonchev–Trinajstić information content (AvgIpc) is 2.38. The quantitative estimate of drug-likeness (QED) is 0.641. The third kappa shape index (κ3) is 3.14. The zero-order chi connectivity index (χ0) is 15.9. The summed E-state index contributed by atoms with van der Waals surface area (Å²) < 4.78 is 63.6. The first-order valence-electron chi connectivity index (χ1n) is 6.09. The molecule has 1 unspecified atom stereocenters. The topological polar surface area (TPSA) is 89.6 Å². The van der Waals surface area contributed by atoms with Crippen molar-refractivity contribution in [3.8, 4) is 5.75 Å². The molecule has 0 spiro atoms. The number of benzene rings is 1. The summed E-state index contributed by atoms with van der Waals surface area (Å²) in [6.07, 6.45) is 0.921. The first-order chi connectivity index (χ1) is 9.58. The van der Waals surface area contributed by atoms with E-state index in [-0.39, 0.29) is 18.6 Å². The Hall–Kier alpha value is -1.32. The third-order valence-electron chi connectivity index (χ3n) is 3.45. The molecule has 5 nitrogen and oxygen atoms in total. The molecule has 0 saturated carbocycles. The van der Waals surface area contributed by atoms with Gasteiger partial charge in [0.2, 0.25) is 0 Å². The van der Waals surface area contributed by atoms with Crippen molar-refractivity contribution in [2.24, 2.45) is 5.73 Å². The van der Waals surface area contributed by atoms with Crippen molar-refractivity contribution in [1.82, 2.24) is 0 Å². The predicted octanol–water partition coefficient (Wildman–Crippen LogP) is 1.09. The second kappa shape index (κ2) is 5.15. The Bertz CT molecular complexity index is 644. The minimum absolute atomic E-state index is 0.0440. The van der Waals surface area contributed by atoms with Gasteiger partial charge in [0.1, 0.15) is 5.75 Å². The molecule has 0 aliphatic heterocycles. The van der Waals surface area contributed by atoms with E-state index in [9.17, 15) is 26.7 Å². The highest BCUT2D eigenvalue weighted by Gasteiger charge is 2.49. The summed E-state index contributed by atoms with van der Waals surface area (Å²) in [6.45, 7) is -0.354. The van der Waals surface area contributed by atoms with Gasteiger partial charge in [-0.1, -0.05) is 12.1 Å². The van der Waals surface area contributed by atoms with Crippen LogP contribution >= 0.6 is 0 Å². The molecule has 0 heterocycles. The van der Waals surface area contributed by atoms with Crippen molar-refractivity contribution in [1.29, 1.82) is 0 Å². The maximum Gasteiger partial charge on any atom is 0.534 e. The Balaban J connectivity index is 2.40. The smallest absolute Gasteiger partial charge is 0.394 e. The van der Waals surface area contributed by atoms with Gasteiger partial charge in [-0.25, -0.2) is 0 Å². The highest BCUT2D eigenvalue weighted by molar-refractivity contribution is 7.88. The van der Waals surface area contributed by atoms with Gasteiger partial charge in [-0.2, -0.15) is 21.6 Å². The molecule has 1 aromatic rings. The van der Waals surface area contributed by atoms with Crippen LogP contribution in [0.3, 0.4) is 0 Å². The number of rotatable bonds is 3. The molecule has 2 rings (SSSR count). The zero-order valence-corrected chi connectivity index (χ0v) is 11.7. The highest BCUT2D eigenvalue weighted by Crippen LogP contribution is 2.36. The second-order valence-electron chi connectivity index (χ2n) is 5.07. The van der Waals surface area contributed by atoms with Gasteiger partial charge in [-0.05, 0) is 30.9 Å². The molecule has 0 fully saturated rings. The van der Waals surface area contributed by atoms with Crippen LogP contribution in [-0.2, 0) is 23.0 Å². The number of nitrogens with two attached hydrogens (primary N) is 1. The number of aliphatic hydroxyl groups excluding tert-OH is 1. The molecule has 0 radical (unpaired) electrons. The van der Waals surface area contributed by atoms with Gasteiger partial charge in [0.15, 0.2) is 0 Å². The first-order valence-corrected chi connectivity index (χ1v) is 7.50. The fraction of sp³-hybridized carbons (Fsp3) is 0.500. The molecule has 1 aliphatic carbocycles. The molecule has 1 aromatic carbocycles. The van der Waals surface area contributed by atoms with E-state index < -0.39 is 26.9 Å². The minimum atomic E-state index is -5.73. The largest absolute Gasteiger partial charge is 0.534 e. The summed E-state index contributed by atoms with van der Waals surface area (Å²) >= 11 is 0. The van der Waals surface area contributed by atoms with Crippen molar-refractivity contribution in [2.45, 2.75) is 30.3 Å². The highest BCUT2D eigenvalue weighted by atomic mass is 32.2. The van der Waals surface area contributed by atoms with Crippen LogP contribution in [-0.4, -0.2) is 31.2 Å². The van der Waals surface area contributed by atoms with E-state index >= 15 is 0 Å². The summed E-state index contributed by atoms with van der Waals surface area (Å²) in [6, 6.07) is 4.23. The molecule has 0 amide bonds. The fourth-order valence-electron chi connectivity index (χ4n) is 2.25. The maximum atomic E-state index is 12.4. The number of alkyl halides is 3. The standard InChI is InChI=1S/C12H14F3NO4S/c13-12(14,15)21(18,19)20-10-3-1-2-8-4-5-11(16,7-17)6-9(8)10/h1-3,17H,4-7,16H2. The van der Waals surface area contributed by atoms with Gasteiger partial charge in [-0.15, -0.1) is 0 Å². The van der Waals surface area contributed by atoms with Crippen LogP contribution in [0.4, 0.5) is 13.2 Å². The van der Waals surface area contributed by atoms with E-state index in [1.807, 2.05) is 0 Å². The van der Waals surface area contributed by atoms with E-state index in [2.05, 4.69) is 4.18 Å². The molecule has 0 aromatic heterocycles. The van der Waals surface area contributed by atoms with Crippen molar-refractivity contribution in [3.63, 3.8) is 0 Å². The lowest BCUT2D eigenvalue weighted by Gasteiger charge is -2.33. The molecule has 1 aliphatic rings. The number of aliphatic hydroxyl groups is 1. The van der Waals surface area contributed by atoms with Crippen molar-refractivity contribution >= 4 is 10.1 Å². The fourth-order valence-corrected chi connectivity index (χ4v) is 2.74. The molecule has 0 bridgehead atoms. The van der Waals surface area contributed by atoms with Crippen LogP contribution in [0.25, 0.3) is 0 Å². The summed E-state index contributed by atoms with van der Waals surface area (Å²) in [5, 5.41) is 9.26. The van der Waals surface area contributed by atoms with Crippen molar-refractivity contribution < 1.29 is 30.9 Å². The number of halogens is 3. The predicted molar refractivity (Wildman–Crippen MR) is 68.1 cm³/mol. The van der Waals surface area contributed by atoms with Crippen LogP contribution in [0, 0.1) is 0 Å². The van der Waals surface area contributed by atoms with Crippen molar-refractivity contribution in [3.05, 3.63) is 29.3 Å². The van der Waals surface area contributed by atoms with Crippen LogP contribution in [0.1, 0.15) is 17.5 Å². The van der Waals surface area contributed by atoms with Gasteiger partial charge in [0.05, 0.1) is 6.61 Å². The van der Waals surface area contributed by atoms with E-state index in [4.69, 9.17) is 5.73 Å². The summed E-state index contributed by atoms with van der Waals surface area (Å²) in [4.78, 5) is 0.